The number of fused-ring (bicyclic) bond motifs is 1. The Balaban J connectivity index is 1.86. The van der Waals surface area contributed by atoms with Gasteiger partial charge in [0.05, 0.1) is 10.0 Å². The first-order chi connectivity index (χ1) is 11.1. The molecule has 4 nitrogen and oxygen atoms in total. The standard InChI is InChI=1S/C16H10Cl2N4S/c1-9-5-7-10(8-6-9)14-19-20-16-22(14)21-15(23-16)11-3-2-4-12(17)13(11)18/h2-8H,1H3. The van der Waals surface area contributed by atoms with Gasteiger partial charge >= 0.3 is 0 Å². The van der Waals surface area contributed by atoms with Crippen LogP contribution >= 0.6 is 34.5 Å². The summed E-state index contributed by atoms with van der Waals surface area (Å²) in [4.78, 5) is 0.714. The fourth-order valence-electron chi connectivity index (χ4n) is 2.28. The molecule has 4 aromatic rings. The van der Waals surface area contributed by atoms with Crippen LogP contribution in [0, 0.1) is 6.92 Å². The second-order valence-corrected chi connectivity index (χ2v) is 6.83. The summed E-state index contributed by atoms with van der Waals surface area (Å²) in [5.74, 6) is 0.709. The molecule has 0 aliphatic carbocycles. The predicted molar refractivity (Wildman–Crippen MR) is 94.3 cm³/mol. The fourth-order valence-corrected chi connectivity index (χ4v) is 3.59. The van der Waals surface area contributed by atoms with Crippen molar-refractivity contribution in [2.24, 2.45) is 0 Å². The van der Waals surface area contributed by atoms with Crippen molar-refractivity contribution in [3.05, 3.63) is 58.1 Å². The summed E-state index contributed by atoms with van der Waals surface area (Å²) < 4.78 is 1.74. The first kappa shape index (κ1) is 14.6. The second kappa shape index (κ2) is 5.60. The van der Waals surface area contributed by atoms with Gasteiger partial charge in [0.15, 0.2) is 5.82 Å². The number of hydrogen-bond donors (Lipinski definition) is 0. The van der Waals surface area contributed by atoms with Crippen molar-refractivity contribution in [1.82, 2.24) is 19.8 Å². The van der Waals surface area contributed by atoms with Crippen molar-refractivity contribution < 1.29 is 0 Å². The zero-order valence-corrected chi connectivity index (χ0v) is 14.3. The molecule has 2 aromatic carbocycles. The molecular formula is C16H10Cl2N4S. The third-order valence-electron chi connectivity index (χ3n) is 3.48. The van der Waals surface area contributed by atoms with E-state index in [9.17, 15) is 0 Å². The Bertz CT molecular complexity index is 1000. The largest absolute Gasteiger partial charge is 0.235 e. The summed E-state index contributed by atoms with van der Waals surface area (Å²) in [6.07, 6.45) is 0. The topological polar surface area (TPSA) is 43.1 Å². The van der Waals surface area contributed by atoms with E-state index in [0.29, 0.717) is 20.8 Å². The van der Waals surface area contributed by atoms with Crippen LogP contribution in [0.25, 0.3) is 26.9 Å². The van der Waals surface area contributed by atoms with E-state index in [1.54, 1.807) is 10.6 Å². The molecule has 0 radical (unpaired) electrons. The van der Waals surface area contributed by atoms with Crippen molar-refractivity contribution in [3.63, 3.8) is 0 Å². The quantitative estimate of drug-likeness (QED) is 0.497. The number of rotatable bonds is 2. The van der Waals surface area contributed by atoms with Crippen molar-refractivity contribution in [2.75, 3.05) is 0 Å². The molecule has 0 atom stereocenters. The summed E-state index contributed by atoms with van der Waals surface area (Å²) in [5.41, 5.74) is 2.96. The van der Waals surface area contributed by atoms with E-state index in [4.69, 9.17) is 23.2 Å². The Morgan fingerprint density at radius 3 is 2.57 bits per heavy atom. The molecule has 4 rings (SSSR count). The lowest BCUT2D eigenvalue weighted by Gasteiger charge is -2.01. The summed E-state index contributed by atoms with van der Waals surface area (Å²) in [7, 11) is 0. The molecule has 0 aliphatic rings. The van der Waals surface area contributed by atoms with Crippen LogP contribution in [0.15, 0.2) is 42.5 Å². The molecule has 0 aliphatic heterocycles. The summed E-state index contributed by atoms with van der Waals surface area (Å²) >= 11 is 13.8. The summed E-state index contributed by atoms with van der Waals surface area (Å²) in [6.45, 7) is 2.05. The maximum absolute atomic E-state index is 6.29. The molecule has 0 bridgehead atoms. The number of nitrogens with zero attached hydrogens (tertiary/aromatic N) is 4. The van der Waals surface area contributed by atoms with Gasteiger partial charge in [-0.15, -0.1) is 10.2 Å². The minimum atomic E-state index is 0.496. The fraction of sp³-hybridized carbons (Fsp3) is 0.0625. The molecule has 0 amide bonds. The highest BCUT2D eigenvalue weighted by atomic mass is 35.5. The summed E-state index contributed by atoms with van der Waals surface area (Å²) in [5, 5.41) is 14.8. The molecule has 0 fully saturated rings. The number of aromatic nitrogens is 4. The van der Waals surface area contributed by atoms with E-state index in [1.165, 1.54) is 16.9 Å². The molecule has 0 saturated carbocycles. The third kappa shape index (κ3) is 2.51. The molecule has 7 heteroatoms. The number of benzene rings is 2. The zero-order chi connectivity index (χ0) is 16.0. The van der Waals surface area contributed by atoms with Gasteiger partial charge in [-0.3, -0.25) is 0 Å². The maximum atomic E-state index is 6.29. The minimum Gasteiger partial charge on any atom is -0.182 e. The van der Waals surface area contributed by atoms with Crippen molar-refractivity contribution in [3.8, 4) is 22.0 Å². The van der Waals surface area contributed by atoms with Gasteiger partial charge in [-0.05, 0) is 13.0 Å². The highest BCUT2D eigenvalue weighted by Gasteiger charge is 2.16. The highest BCUT2D eigenvalue weighted by molar-refractivity contribution is 7.19. The van der Waals surface area contributed by atoms with Gasteiger partial charge in [0.1, 0.15) is 5.01 Å². The average molecular weight is 361 g/mol. The van der Waals surface area contributed by atoms with Gasteiger partial charge < -0.3 is 0 Å². The van der Waals surface area contributed by atoms with Crippen molar-refractivity contribution >= 4 is 39.5 Å². The van der Waals surface area contributed by atoms with Gasteiger partial charge in [0.25, 0.3) is 0 Å². The molecule has 0 spiro atoms. The van der Waals surface area contributed by atoms with Crippen LogP contribution in [-0.4, -0.2) is 19.8 Å². The Kier molecular flexibility index (Phi) is 3.56. The van der Waals surface area contributed by atoms with Gasteiger partial charge in [0.2, 0.25) is 4.96 Å². The predicted octanol–water partition coefficient (Wildman–Crippen LogP) is 5.14. The van der Waals surface area contributed by atoms with Gasteiger partial charge in [-0.1, -0.05) is 76.5 Å². The molecule has 2 aromatic heterocycles. The zero-order valence-electron chi connectivity index (χ0n) is 12.0. The smallest absolute Gasteiger partial charge is 0.182 e. The van der Waals surface area contributed by atoms with Crippen LogP contribution in [0.3, 0.4) is 0 Å². The van der Waals surface area contributed by atoms with Crippen LogP contribution in [0.2, 0.25) is 10.0 Å². The van der Waals surface area contributed by atoms with E-state index in [2.05, 4.69) is 15.3 Å². The summed E-state index contributed by atoms with van der Waals surface area (Å²) in [6, 6.07) is 13.6. The molecule has 0 unspecified atom stereocenters. The number of aryl methyl sites for hydroxylation is 1. The Morgan fingerprint density at radius 1 is 1.00 bits per heavy atom. The lowest BCUT2D eigenvalue weighted by atomic mass is 10.1. The van der Waals surface area contributed by atoms with Crippen molar-refractivity contribution in [1.29, 1.82) is 0 Å². The highest BCUT2D eigenvalue weighted by Crippen LogP contribution is 2.36. The molecule has 114 valence electrons. The molecular weight excluding hydrogens is 351 g/mol. The maximum Gasteiger partial charge on any atom is 0.235 e. The van der Waals surface area contributed by atoms with E-state index < -0.39 is 0 Å². The lowest BCUT2D eigenvalue weighted by Crippen LogP contribution is -1.91. The Labute approximate surface area is 146 Å². The van der Waals surface area contributed by atoms with Crippen LogP contribution in [0.5, 0.6) is 0 Å². The Hall–Kier alpha value is -1.95. The lowest BCUT2D eigenvalue weighted by molar-refractivity contribution is 0.970. The number of hydrogen-bond acceptors (Lipinski definition) is 4. The van der Waals surface area contributed by atoms with Gasteiger partial charge in [-0.2, -0.15) is 9.61 Å². The monoisotopic (exact) mass is 360 g/mol. The third-order valence-corrected chi connectivity index (χ3v) is 5.23. The van der Waals surface area contributed by atoms with Gasteiger partial charge in [0, 0.05) is 11.1 Å². The van der Waals surface area contributed by atoms with E-state index in [0.717, 1.165) is 16.1 Å². The van der Waals surface area contributed by atoms with Gasteiger partial charge in [-0.25, -0.2) is 0 Å². The van der Waals surface area contributed by atoms with E-state index >= 15 is 0 Å². The first-order valence-electron chi connectivity index (χ1n) is 6.87. The van der Waals surface area contributed by atoms with Crippen LogP contribution < -0.4 is 0 Å². The second-order valence-electron chi connectivity index (χ2n) is 5.09. The van der Waals surface area contributed by atoms with Crippen LogP contribution in [-0.2, 0) is 0 Å². The first-order valence-corrected chi connectivity index (χ1v) is 8.44. The SMILES string of the molecule is Cc1ccc(-c2nnc3sc(-c4cccc(Cl)c4Cl)nn23)cc1. The van der Waals surface area contributed by atoms with Crippen LogP contribution in [0.1, 0.15) is 5.56 Å². The Morgan fingerprint density at radius 2 is 1.78 bits per heavy atom. The van der Waals surface area contributed by atoms with E-state index in [1.807, 2.05) is 43.3 Å². The van der Waals surface area contributed by atoms with E-state index in [-0.39, 0.29) is 0 Å². The number of halogens is 2. The normalized spacial score (nSPS) is 11.3. The molecule has 23 heavy (non-hydrogen) atoms. The molecule has 0 saturated heterocycles. The molecule has 2 heterocycles. The van der Waals surface area contributed by atoms with Crippen LogP contribution in [0.4, 0.5) is 0 Å². The minimum absolute atomic E-state index is 0.496. The average Bonchev–Trinajstić information content (AvgIpc) is 3.11. The molecule has 0 N–H and O–H groups in total. The van der Waals surface area contributed by atoms with Crippen molar-refractivity contribution in [2.45, 2.75) is 6.92 Å².